The van der Waals surface area contributed by atoms with Gasteiger partial charge < -0.3 is 14.6 Å². The van der Waals surface area contributed by atoms with Gasteiger partial charge >= 0.3 is 0 Å². The Hall–Kier alpha value is -2.60. The number of nitrogens with zero attached hydrogens (tertiary/aromatic N) is 2. The maximum absolute atomic E-state index is 12.8. The number of carbonyl (C=O) groups is 1. The Morgan fingerprint density at radius 1 is 1.17 bits per heavy atom. The minimum atomic E-state index is -0.0180. The van der Waals surface area contributed by atoms with Gasteiger partial charge in [-0.2, -0.15) is 0 Å². The lowest BCUT2D eigenvalue weighted by Crippen LogP contribution is -2.27. The van der Waals surface area contributed by atoms with Gasteiger partial charge in [-0.25, -0.2) is 4.98 Å². The molecule has 0 radical (unpaired) electrons. The average Bonchev–Trinajstić information content (AvgIpc) is 3.32. The Balaban J connectivity index is 1.96. The Morgan fingerprint density at radius 2 is 1.87 bits per heavy atom. The summed E-state index contributed by atoms with van der Waals surface area (Å²) >= 11 is 1.61. The predicted octanol–water partition coefficient (Wildman–Crippen LogP) is 5.64. The van der Waals surface area contributed by atoms with Crippen molar-refractivity contribution in [3.8, 4) is 27.7 Å². The normalized spacial score (nSPS) is 11.3. The van der Waals surface area contributed by atoms with Crippen molar-refractivity contribution in [3.63, 3.8) is 0 Å². The maximum atomic E-state index is 12.8. The minimum Gasteiger partial charge on any atom is -0.497 e. The number of carbonyl (C=O) groups excluding carboxylic acids is 1. The van der Waals surface area contributed by atoms with E-state index in [1.807, 2.05) is 37.3 Å². The highest BCUT2D eigenvalue weighted by Gasteiger charge is 2.21. The van der Waals surface area contributed by atoms with Crippen LogP contribution in [-0.4, -0.2) is 29.1 Å². The second kappa shape index (κ2) is 9.47. The third kappa shape index (κ3) is 4.93. The molecule has 0 aliphatic rings. The molecule has 0 aliphatic carbocycles. The fraction of sp³-hybridized carbons (Fsp3) is 0.417. The van der Waals surface area contributed by atoms with Gasteiger partial charge in [0.1, 0.15) is 10.8 Å². The number of ether oxygens (including phenoxy) is 1. The van der Waals surface area contributed by atoms with Crippen molar-refractivity contribution in [2.75, 3.05) is 13.7 Å². The number of nitrogens with one attached hydrogen (secondary N) is 1. The Morgan fingerprint density at radius 3 is 2.47 bits per heavy atom. The van der Waals surface area contributed by atoms with Crippen LogP contribution in [0.5, 0.6) is 5.75 Å². The monoisotopic (exact) mass is 425 g/mol. The lowest BCUT2D eigenvalue weighted by Gasteiger charge is -2.13. The summed E-state index contributed by atoms with van der Waals surface area (Å²) in [5, 5.41) is 6.07. The number of benzene rings is 1. The molecule has 1 aromatic carbocycles. The van der Waals surface area contributed by atoms with E-state index in [4.69, 9.17) is 9.72 Å². The minimum absolute atomic E-state index is 0.0180. The lowest BCUT2D eigenvalue weighted by molar-refractivity contribution is 0.0948. The van der Waals surface area contributed by atoms with Crippen LogP contribution in [0, 0.1) is 18.8 Å². The number of thiazole rings is 1. The average molecular weight is 426 g/mol. The van der Waals surface area contributed by atoms with Crippen LogP contribution < -0.4 is 10.1 Å². The van der Waals surface area contributed by atoms with E-state index >= 15 is 0 Å². The van der Waals surface area contributed by atoms with Gasteiger partial charge in [-0.15, -0.1) is 11.3 Å². The number of amides is 1. The van der Waals surface area contributed by atoms with Gasteiger partial charge in [-0.1, -0.05) is 27.7 Å². The molecule has 6 heteroatoms. The van der Waals surface area contributed by atoms with E-state index in [0.29, 0.717) is 18.4 Å². The van der Waals surface area contributed by atoms with Crippen LogP contribution in [0.2, 0.25) is 0 Å². The first kappa shape index (κ1) is 22.1. The number of hydrogen-bond donors (Lipinski definition) is 1. The molecule has 5 nitrogen and oxygen atoms in total. The molecule has 1 amide bonds. The third-order valence-corrected chi connectivity index (χ3v) is 5.82. The molecule has 0 fully saturated rings. The highest BCUT2D eigenvalue weighted by molar-refractivity contribution is 7.13. The summed E-state index contributed by atoms with van der Waals surface area (Å²) in [6.45, 7) is 12.1. The first-order valence-corrected chi connectivity index (χ1v) is 11.3. The molecular formula is C24H31N3O2S. The van der Waals surface area contributed by atoms with Gasteiger partial charge in [0.25, 0.3) is 5.91 Å². The Kier molecular flexibility index (Phi) is 6.98. The molecule has 2 heterocycles. The molecule has 160 valence electrons. The van der Waals surface area contributed by atoms with Crippen LogP contribution in [-0.2, 0) is 6.54 Å². The summed E-state index contributed by atoms with van der Waals surface area (Å²) in [5.74, 6) is 1.68. The van der Waals surface area contributed by atoms with Crippen molar-refractivity contribution in [2.24, 2.45) is 11.8 Å². The molecule has 0 bridgehead atoms. The SMILES string of the molecule is COc1ccc(-c2nc(-c3cc(C(=O)NCC(C)C)c(C)n3CC(C)C)cs2)cc1. The number of hydrogen-bond acceptors (Lipinski definition) is 4. The quantitative estimate of drug-likeness (QED) is 0.508. The van der Waals surface area contributed by atoms with Crippen molar-refractivity contribution in [2.45, 2.75) is 41.2 Å². The molecule has 2 aromatic heterocycles. The van der Waals surface area contributed by atoms with Crippen molar-refractivity contribution in [1.82, 2.24) is 14.9 Å². The summed E-state index contributed by atoms with van der Waals surface area (Å²) < 4.78 is 7.47. The molecule has 0 atom stereocenters. The van der Waals surface area contributed by atoms with Gasteiger partial charge in [0.15, 0.2) is 0 Å². The standard InChI is InChI=1S/C24H31N3O2S/c1-15(2)12-25-23(28)20-11-22(27(17(20)5)13-16(3)4)21-14-30-24(26-21)18-7-9-19(29-6)10-8-18/h7-11,14-16H,12-13H2,1-6H3,(H,25,28). The fourth-order valence-electron chi connectivity index (χ4n) is 3.34. The van der Waals surface area contributed by atoms with Gasteiger partial charge in [0.2, 0.25) is 0 Å². The van der Waals surface area contributed by atoms with Crippen LogP contribution in [0.15, 0.2) is 35.7 Å². The maximum Gasteiger partial charge on any atom is 0.253 e. The van der Waals surface area contributed by atoms with Crippen LogP contribution >= 0.6 is 11.3 Å². The molecule has 0 spiro atoms. The summed E-state index contributed by atoms with van der Waals surface area (Å²) in [6.07, 6.45) is 0. The highest BCUT2D eigenvalue weighted by atomic mass is 32.1. The van der Waals surface area contributed by atoms with Crippen LogP contribution in [0.25, 0.3) is 22.0 Å². The van der Waals surface area contributed by atoms with Crippen molar-refractivity contribution < 1.29 is 9.53 Å². The first-order chi connectivity index (χ1) is 14.3. The third-order valence-electron chi connectivity index (χ3n) is 4.93. The zero-order valence-electron chi connectivity index (χ0n) is 18.7. The van der Waals surface area contributed by atoms with E-state index in [1.54, 1.807) is 18.4 Å². The number of methoxy groups -OCH3 is 1. The zero-order valence-corrected chi connectivity index (χ0v) is 19.5. The Labute approximate surface area is 183 Å². The van der Waals surface area contributed by atoms with Crippen LogP contribution in [0.4, 0.5) is 0 Å². The van der Waals surface area contributed by atoms with E-state index in [2.05, 4.69) is 43.0 Å². The molecule has 30 heavy (non-hydrogen) atoms. The van der Waals surface area contributed by atoms with Gasteiger partial charge in [-0.3, -0.25) is 4.79 Å². The second-order valence-electron chi connectivity index (χ2n) is 8.40. The second-order valence-corrected chi connectivity index (χ2v) is 9.26. The fourth-order valence-corrected chi connectivity index (χ4v) is 4.16. The zero-order chi connectivity index (χ0) is 21.8. The van der Waals surface area contributed by atoms with Gasteiger partial charge in [0.05, 0.1) is 24.1 Å². The first-order valence-electron chi connectivity index (χ1n) is 10.4. The largest absolute Gasteiger partial charge is 0.497 e. The smallest absolute Gasteiger partial charge is 0.253 e. The summed E-state index contributed by atoms with van der Waals surface area (Å²) in [6, 6.07) is 9.91. The molecule has 0 aliphatic heterocycles. The van der Waals surface area contributed by atoms with E-state index in [0.717, 1.165) is 45.5 Å². The highest BCUT2D eigenvalue weighted by Crippen LogP contribution is 2.32. The molecule has 3 aromatic rings. The van der Waals surface area contributed by atoms with Crippen LogP contribution in [0.1, 0.15) is 43.7 Å². The van der Waals surface area contributed by atoms with Gasteiger partial charge in [0, 0.05) is 29.7 Å². The van der Waals surface area contributed by atoms with Crippen molar-refractivity contribution in [3.05, 3.63) is 47.0 Å². The topological polar surface area (TPSA) is 56.1 Å². The molecule has 0 unspecified atom stereocenters. The lowest BCUT2D eigenvalue weighted by atomic mass is 10.2. The van der Waals surface area contributed by atoms with E-state index in [-0.39, 0.29) is 5.91 Å². The summed E-state index contributed by atoms with van der Waals surface area (Å²) in [5.41, 5.74) is 4.66. The van der Waals surface area contributed by atoms with E-state index < -0.39 is 0 Å². The molecule has 0 saturated heterocycles. The molecule has 0 saturated carbocycles. The van der Waals surface area contributed by atoms with E-state index in [1.165, 1.54) is 0 Å². The predicted molar refractivity (Wildman–Crippen MR) is 124 cm³/mol. The Bertz CT molecular complexity index is 1000. The summed E-state index contributed by atoms with van der Waals surface area (Å²) in [4.78, 5) is 17.7. The number of rotatable bonds is 8. The van der Waals surface area contributed by atoms with E-state index in [9.17, 15) is 4.79 Å². The van der Waals surface area contributed by atoms with Crippen molar-refractivity contribution in [1.29, 1.82) is 0 Å². The van der Waals surface area contributed by atoms with Crippen molar-refractivity contribution >= 4 is 17.2 Å². The molecule has 3 rings (SSSR count). The van der Waals surface area contributed by atoms with Crippen LogP contribution in [0.3, 0.4) is 0 Å². The van der Waals surface area contributed by atoms with Gasteiger partial charge in [-0.05, 0) is 49.1 Å². The molecule has 1 N–H and O–H groups in total. The number of aromatic nitrogens is 2. The molecular weight excluding hydrogens is 394 g/mol. The summed E-state index contributed by atoms with van der Waals surface area (Å²) in [7, 11) is 1.66.